The molecule has 0 fully saturated rings. The Kier molecular flexibility index (Phi) is 2.62. The second-order valence-corrected chi connectivity index (χ2v) is 4.12. The molecule has 84 valence electrons. The van der Waals surface area contributed by atoms with E-state index < -0.39 is 0 Å². The lowest BCUT2D eigenvalue weighted by atomic mass is 10.1. The van der Waals surface area contributed by atoms with E-state index in [1.807, 2.05) is 30.5 Å². The number of nitrogens with zero attached hydrogens (tertiary/aromatic N) is 1. The highest BCUT2D eigenvalue weighted by atomic mass is 16.5. The van der Waals surface area contributed by atoms with E-state index >= 15 is 0 Å². The molecule has 2 heteroatoms. The summed E-state index contributed by atoms with van der Waals surface area (Å²) in [6.45, 7) is 0. The maximum Gasteiger partial charge on any atom is 0.127 e. The molecule has 1 aromatic heterocycles. The SMILES string of the molecule is C1=CC(Cc2cccnc2)Oc2ccccc21. The van der Waals surface area contributed by atoms with Crippen molar-refractivity contribution >= 4 is 6.08 Å². The minimum absolute atomic E-state index is 0.106. The molecule has 0 spiro atoms. The van der Waals surface area contributed by atoms with Gasteiger partial charge in [0.2, 0.25) is 0 Å². The van der Waals surface area contributed by atoms with Crippen molar-refractivity contribution in [1.29, 1.82) is 0 Å². The molecule has 3 rings (SSSR count). The average molecular weight is 223 g/mol. The van der Waals surface area contributed by atoms with Gasteiger partial charge in [-0.05, 0) is 23.8 Å². The van der Waals surface area contributed by atoms with Gasteiger partial charge in [0.1, 0.15) is 11.9 Å². The van der Waals surface area contributed by atoms with Gasteiger partial charge in [0.15, 0.2) is 0 Å². The molecule has 0 saturated carbocycles. The smallest absolute Gasteiger partial charge is 0.127 e. The number of pyridine rings is 1. The van der Waals surface area contributed by atoms with E-state index in [2.05, 4.69) is 29.3 Å². The van der Waals surface area contributed by atoms with Crippen molar-refractivity contribution in [3.63, 3.8) is 0 Å². The first-order valence-corrected chi connectivity index (χ1v) is 5.74. The fourth-order valence-corrected chi connectivity index (χ4v) is 2.00. The van der Waals surface area contributed by atoms with Crippen LogP contribution in [0.4, 0.5) is 0 Å². The molecule has 0 N–H and O–H groups in total. The van der Waals surface area contributed by atoms with Gasteiger partial charge in [0.05, 0.1) is 0 Å². The van der Waals surface area contributed by atoms with Crippen LogP contribution in [-0.2, 0) is 6.42 Å². The number of aromatic nitrogens is 1. The summed E-state index contributed by atoms with van der Waals surface area (Å²) in [7, 11) is 0. The van der Waals surface area contributed by atoms with Crippen LogP contribution in [0.25, 0.3) is 6.08 Å². The van der Waals surface area contributed by atoms with Gasteiger partial charge in [-0.3, -0.25) is 4.98 Å². The van der Waals surface area contributed by atoms with Gasteiger partial charge >= 0.3 is 0 Å². The van der Waals surface area contributed by atoms with Crippen molar-refractivity contribution in [2.45, 2.75) is 12.5 Å². The molecule has 2 nitrogen and oxygen atoms in total. The molecule has 1 unspecified atom stereocenters. The first-order chi connectivity index (χ1) is 8.42. The summed E-state index contributed by atoms with van der Waals surface area (Å²) in [5, 5.41) is 0. The predicted molar refractivity (Wildman–Crippen MR) is 67.8 cm³/mol. The Hall–Kier alpha value is -2.09. The van der Waals surface area contributed by atoms with E-state index in [4.69, 9.17) is 4.74 Å². The van der Waals surface area contributed by atoms with Crippen molar-refractivity contribution in [3.05, 3.63) is 66.0 Å². The van der Waals surface area contributed by atoms with Gasteiger partial charge < -0.3 is 4.74 Å². The van der Waals surface area contributed by atoms with Gasteiger partial charge in [0.25, 0.3) is 0 Å². The third kappa shape index (κ3) is 2.21. The molecular weight excluding hydrogens is 210 g/mol. The molecule has 2 aromatic rings. The lowest BCUT2D eigenvalue weighted by Crippen LogP contribution is -2.19. The number of hydrogen-bond acceptors (Lipinski definition) is 2. The van der Waals surface area contributed by atoms with Crippen LogP contribution in [0, 0.1) is 0 Å². The van der Waals surface area contributed by atoms with Crippen molar-refractivity contribution in [2.75, 3.05) is 0 Å². The molecule has 0 amide bonds. The van der Waals surface area contributed by atoms with E-state index in [9.17, 15) is 0 Å². The van der Waals surface area contributed by atoms with E-state index in [0.717, 1.165) is 17.7 Å². The molecule has 1 atom stereocenters. The Labute approximate surface area is 101 Å². The molecule has 17 heavy (non-hydrogen) atoms. The fourth-order valence-electron chi connectivity index (χ4n) is 2.00. The van der Waals surface area contributed by atoms with Crippen LogP contribution >= 0.6 is 0 Å². The van der Waals surface area contributed by atoms with Gasteiger partial charge in [-0.15, -0.1) is 0 Å². The van der Waals surface area contributed by atoms with Crippen LogP contribution in [0.15, 0.2) is 54.9 Å². The van der Waals surface area contributed by atoms with Crippen LogP contribution in [0.5, 0.6) is 5.75 Å². The molecule has 1 aromatic carbocycles. The van der Waals surface area contributed by atoms with Gasteiger partial charge in [-0.1, -0.05) is 30.3 Å². The van der Waals surface area contributed by atoms with Crippen LogP contribution in [0.2, 0.25) is 0 Å². The van der Waals surface area contributed by atoms with Crippen molar-refractivity contribution in [3.8, 4) is 5.75 Å². The summed E-state index contributed by atoms with van der Waals surface area (Å²) in [5.41, 5.74) is 2.34. The highest BCUT2D eigenvalue weighted by Crippen LogP contribution is 2.26. The Morgan fingerprint density at radius 2 is 2.06 bits per heavy atom. The molecule has 0 saturated heterocycles. The molecule has 0 radical (unpaired) electrons. The quantitative estimate of drug-likeness (QED) is 0.780. The van der Waals surface area contributed by atoms with Crippen LogP contribution in [0.3, 0.4) is 0 Å². The van der Waals surface area contributed by atoms with E-state index in [-0.39, 0.29) is 6.10 Å². The largest absolute Gasteiger partial charge is 0.485 e. The Bertz CT molecular complexity index is 534. The van der Waals surface area contributed by atoms with Crippen LogP contribution in [0.1, 0.15) is 11.1 Å². The second-order valence-electron chi connectivity index (χ2n) is 4.12. The minimum Gasteiger partial charge on any atom is -0.485 e. The van der Waals surface area contributed by atoms with Crippen LogP contribution < -0.4 is 4.74 Å². The monoisotopic (exact) mass is 223 g/mol. The molecular formula is C15H13NO. The fraction of sp³-hybridized carbons (Fsp3) is 0.133. The summed E-state index contributed by atoms with van der Waals surface area (Å²) in [4.78, 5) is 4.11. The predicted octanol–water partition coefficient (Wildman–Crippen LogP) is 3.10. The third-order valence-electron chi connectivity index (χ3n) is 2.85. The molecule has 1 aliphatic heterocycles. The highest BCUT2D eigenvalue weighted by molar-refractivity contribution is 5.59. The number of ether oxygens (including phenoxy) is 1. The first-order valence-electron chi connectivity index (χ1n) is 5.74. The van der Waals surface area contributed by atoms with Crippen molar-refractivity contribution in [1.82, 2.24) is 4.98 Å². The number of fused-ring (bicyclic) bond motifs is 1. The molecule has 0 aliphatic carbocycles. The third-order valence-corrected chi connectivity index (χ3v) is 2.85. The Balaban J connectivity index is 1.77. The lowest BCUT2D eigenvalue weighted by Gasteiger charge is -2.21. The zero-order valence-electron chi connectivity index (χ0n) is 9.41. The lowest BCUT2D eigenvalue weighted by molar-refractivity contribution is 0.246. The zero-order valence-corrected chi connectivity index (χ0v) is 9.41. The van der Waals surface area contributed by atoms with Gasteiger partial charge in [-0.2, -0.15) is 0 Å². The maximum absolute atomic E-state index is 5.92. The normalized spacial score (nSPS) is 17.3. The zero-order chi connectivity index (χ0) is 11.5. The van der Waals surface area contributed by atoms with Crippen molar-refractivity contribution < 1.29 is 4.74 Å². The number of para-hydroxylation sites is 1. The van der Waals surface area contributed by atoms with E-state index in [0.29, 0.717) is 0 Å². The summed E-state index contributed by atoms with van der Waals surface area (Å²) >= 11 is 0. The highest BCUT2D eigenvalue weighted by Gasteiger charge is 2.14. The molecule has 1 aliphatic rings. The number of benzene rings is 1. The summed E-state index contributed by atoms with van der Waals surface area (Å²) in [6.07, 6.45) is 8.87. The summed E-state index contributed by atoms with van der Waals surface area (Å²) in [5.74, 6) is 0.962. The maximum atomic E-state index is 5.92. The summed E-state index contributed by atoms with van der Waals surface area (Å²) in [6, 6.07) is 12.1. The minimum atomic E-state index is 0.106. The van der Waals surface area contributed by atoms with E-state index in [1.165, 1.54) is 5.56 Å². The molecule has 0 bridgehead atoms. The molecule has 2 heterocycles. The second kappa shape index (κ2) is 4.42. The standard InChI is InChI=1S/C15H13NO/c1-2-6-15-13(5-1)7-8-14(17-15)10-12-4-3-9-16-11-12/h1-9,11,14H,10H2. The first kappa shape index (κ1) is 10.1. The average Bonchev–Trinajstić information content (AvgIpc) is 2.40. The van der Waals surface area contributed by atoms with Crippen molar-refractivity contribution in [2.24, 2.45) is 0 Å². The summed E-state index contributed by atoms with van der Waals surface area (Å²) < 4.78 is 5.92. The van der Waals surface area contributed by atoms with E-state index in [1.54, 1.807) is 6.20 Å². The Morgan fingerprint density at radius 1 is 1.12 bits per heavy atom. The Morgan fingerprint density at radius 3 is 2.94 bits per heavy atom. The van der Waals surface area contributed by atoms with Gasteiger partial charge in [-0.25, -0.2) is 0 Å². The van der Waals surface area contributed by atoms with Crippen LogP contribution in [-0.4, -0.2) is 11.1 Å². The number of rotatable bonds is 2. The topological polar surface area (TPSA) is 22.1 Å². The number of hydrogen-bond donors (Lipinski definition) is 0. The van der Waals surface area contributed by atoms with Gasteiger partial charge in [0, 0.05) is 24.4 Å².